The van der Waals surface area contributed by atoms with E-state index in [0.29, 0.717) is 4.75 Å². The van der Waals surface area contributed by atoms with Crippen molar-refractivity contribution in [3.63, 3.8) is 0 Å². The molecule has 0 saturated heterocycles. The Morgan fingerprint density at radius 1 is 1.29 bits per heavy atom. The summed E-state index contributed by atoms with van der Waals surface area (Å²) >= 11 is -2.22. The van der Waals surface area contributed by atoms with E-state index < -0.39 is 11.4 Å². The Morgan fingerprint density at radius 3 is 1.43 bits per heavy atom. The molecule has 0 aromatic heterocycles. The zero-order valence-electron chi connectivity index (χ0n) is 4.83. The molecule has 0 aliphatic carbocycles. The van der Waals surface area contributed by atoms with E-state index in [0.717, 1.165) is 0 Å². The summed E-state index contributed by atoms with van der Waals surface area (Å²) in [7, 11) is 11.6. The van der Waals surface area contributed by atoms with Crippen LogP contribution in [0.1, 0.15) is 13.8 Å². The van der Waals surface area contributed by atoms with Gasteiger partial charge in [-0.05, 0) is 0 Å². The van der Waals surface area contributed by atoms with Crippen molar-refractivity contribution < 1.29 is 0 Å². The van der Waals surface area contributed by atoms with Gasteiger partial charge in [-0.25, -0.2) is 0 Å². The van der Waals surface area contributed by atoms with Gasteiger partial charge in [0.15, 0.2) is 0 Å². The van der Waals surface area contributed by atoms with E-state index in [2.05, 4.69) is 13.8 Å². The minimum absolute atomic E-state index is 0.517. The van der Waals surface area contributed by atoms with Gasteiger partial charge in [0, 0.05) is 0 Å². The second-order valence-electron chi connectivity index (χ2n) is 2.11. The number of halogens is 2. The Balaban J connectivity index is 3.54. The van der Waals surface area contributed by atoms with Crippen LogP contribution in [0.4, 0.5) is 0 Å². The van der Waals surface area contributed by atoms with Crippen LogP contribution < -0.4 is 0 Å². The van der Waals surface area contributed by atoms with Crippen molar-refractivity contribution in [3.05, 3.63) is 0 Å². The Morgan fingerprint density at radius 2 is 1.43 bits per heavy atom. The van der Waals surface area contributed by atoms with Gasteiger partial charge in [-0.1, -0.05) is 0 Å². The Kier molecular flexibility index (Phi) is 3.02. The molecule has 0 radical (unpaired) electrons. The molecule has 0 saturated carbocycles. The maximum absolute atomic E-state index is 5.82. The molecular weight excluding hydrogens is 192 g/mol. The fourth-order valence-corrected chi connectivity index (χ4v) is 0. The molecule has 44 valence electrons. The van der Waals surface area contributed by atoms with E-state index in [1.165, 1.54) is 0 Å². The van der Waals surface area contributed by atoms with Gasteiger partial charge in [-0.15, -0.1) is 0 Å². The van der Waals surface area contributed by atoms with Gasteiger partial charge in [0.1, 0.15) is 0 Å². The summed E-state index contributed by atoms with van der Waals surface area (Å²) in [5, 5.41) is 0. The first kappa shape index (κ1) is 8.12. The van der Waals surface area contributed by atoms with E-state index in [1.54, 1.807) is 0 Å². The van der Waals surface area contributed by atoms with Crippen LogP contribution in [-0.2, 0) is 0 Å². The summed E-state index contributed by atoms with van der Waals surface area (Å²) in [6.45, 7) is 4.14. The van der Waals surface area contributed by atoms with Crippen LogP contribution in [0.3, 0.4) is 0 Å². The molecule has 0 spiro atoms. The van der Waals surface area contributed by atoms with Crippen LogP contribution in [0, 0.1) is 0 Å². The summed E-state index contributed by atoms with van der Waals surface area (Å²) in [6, 6.07) is 0. The molecule has 3 heteroatoms. The molecule has 0 rings (SSSR count). The second kappa shape index (κ2) is 2.61. The van der Waals surface area contributed by atoms with Crippen LogP contribution in [0.15, 0.2) is 0 Å². The molecule has 7 heavy (non-hydrogen) atoms. The standard InChI is InChI=1S/C4H10Cl2Ge/c1-4(2)7(3,5)6/h4H,1-3H3. The van der Waals surface area contributed by atoms with E-state index >= 15 is 0 Å². The van der Waals surface area contributed by atoms with E-state index in [9.17, 15) is 0 Å². The van der Waals surface area contributed by atoms with Gasteiger partial charge >= 0.3 is 55.8 Å². The fourth-order valence-electron chi connectivity index (χ4n) is 0. The molecule has 0 unspecified atom stereocenters. The zero-order valence-corrected chi connectivity index (χ0v) is 8.44. The van der Waals surface area contributed by atoms with Gasteiger partial charge in [0.25, 0.3) is 0 Å². The third-order valence-electron chi connectivity index (χ3n) is 1.01. The summed E-state index contributed by atoms with van der Waals surface area (Å²) in [5.74, 6) is 1.98. The maximum atomic E-state index is 5.82. The number of hydrogen-bond acceptors (Lipinski definition) is 0. The van der Waals surface area contributed by atoms with Gasteiger partial charge in [0.05, 0.1) is 0 Å². The van der Waals surface area contributed by atoms with Crippen molar-refractivity contribution in [1.82, 2.24) is 0 Å². The SMILES string of the molecule is C[CH](C)[Ge]([CH3])([Cl])[Cl]. The molecule has 0 fully saturated rings. The third-order valence-corrected chi connectivity index (χ3v) is 9.80. The summed E-state index contributed by atoms with van der Waals surface area (Å²) in [5.41, 5.74) is 0. The molecule has 0 bridgehead atoms. The fraction of sp³-hybridized carbons (Fsp3) is 1.00. The average molecular weight is 202 g/mol. The molecule has 0 nitrogen and oxygen atoms in total. The van der Waals surface area contributed by atoms with Crippen molar-refractivity contribution in [1.29, 1.82) is 0 Å². The molecule has 0 aromatic carbocycles. The predicted octanol–water partition coefficient (Wildman–Crippen LogP) is 2.95. The van der Waals surface area contributed by atoms with Gasteiger partial charge < -0.3 is 0 Å². The van der Waals surface area contributed by atoms with Gasteiger partial charge in [-0.2, -0.15) is 0 Å². The van der Waals surface area contributed by atoms with E-state index in [1.807, 2.05) is 5.76 Å². The van der Waals surface area contributed by atoms with Crippen LogP contribution in [0.5, 0.6) is 0 Å². The second-order valence-corrected chi connectivity index (χ2v) is 17.7. The number of rotatable bonds is 1. The quantitative estimate of drug-likeness (QED) is 0.573. The molecule has 0 aliphatic rings. The first-order chi connectivity index (χ1) is 2.94. The summed E-state index contributed by atoms with van der Waals surface area (Å²) in [6.07, 6.45) is 0. The minimum atomic E-state index is -2.22. The van der Waals surface area contributed by atoms with E-state index in [4.69, 9.17) is 20.0 Å². The van der Waals surface area contributed by atoms with Crippen LogP contribution in [0.2, 0.25) is 10.5 Å². The predicted molar refractivity (Wildman–Crippen MR) is 38.4 cm³/mol. The Hall–Kier alpha value is 1.12. The van der Waals surface area contributed by atoms with E-state index in [-0.39, 0.29) is 0 Å². The topological polar surface area (TPSA) is 0 Å². The molecule has 0 aliphatic heterocycles. The normalized spacial score (nSPS) is 12.9. The third kappa shape index (κ3) is 3.68. The zero-order chi connectivity index (χ0) is 6.08. The molecule has 0 N–H and O–H groups in total. The van der Waals surface area contributed by atoms with Gasteiger partial charge in [-0.3, -0.25) is 0 Å². The Bertz CT molecular complexity index is 55.2. The van der Waals surface area contributed by atoms with Crippen molar-refractivity contribution in [2.45, 2.75) is 24.4 Å². The average Bonchev–Trinajstić information content (AvgIpc) is 1.31. The van der Waals surface area contributed by atoms with Crippen LogP contribution >= 0.6 is 20.0 Å². The van der Waals surface area contributed by atoms with Crippen molar-refractivity contribution >= 4 is 31.4 Å². The first-order valence-electron chi connectivity index (χ1n) is 2.32. The molecular formula is C4H10Cl2Ge. The summed E-state index contributed by atoms with van der Waals surface area (Å²) < 4.78 is 0.517. The van der Waals surface area contributed by atoms with Crippen LogP contribution in [0.25, 0.3) is 0 Å². The summed E-state index contributed by atoms with van der Waals surface area (Å²) in [4.78, 5) is 0. The van der Waals surface area contributed by atoms with Crippen molar-refractivity contribution in [2.75, 3.05) is 0 Å². The van der Waals surface area contributed by atoms with Gasteiger partial charge in [0.2, 0.25) is 0 Å². The molecule has 0 amide bonds. The Labute approximate surface area is 55.9 Å². The molecule has 0 atom stereocenters. The van der Waals surface area contributed by atoms with Crippen molar-refractivity contribution in [3.8, 4) is 0 Å². The van der Waals surface area contributed by atoms with Crippen LogP contribution in [-0.4, -0.2) is 11.4 Å². The number of hydrogen-bond donors (Lipinski definition) is 0. The van der Waals surface area contributed by atoms with Crippen molar-refractivity contribution in [2.24, 2.45) is 0 Å². The molecule has 0 heterocycles. The monoisotopic (exact) mass is 202 g/mol. The molecule has 0 aromatic rings. The first-order valence-corrected chi connectivity index (χ1v) is 11.1.